The van der Waals surface area contributed by atoms with Crippen molar-refractivity contribution in [1.82, 2.24) is 0 Å². The van der Waals surface area contributed by atoms with Gasteiger partial charge >= 0.3 is 26.2 Å². The van der Waals surface area contributed by atoms with Crippen LogP contribution in [0.15, 0.2) is 109 Å². The molecule has 0 saturated carbocycles. The smallest absolute Gasteiger partial charge is 1.00 e. The maximum absolute atomic E-state index is 3.65. The fraction of sp³-hybridized carbons (Fsp3) is 0.243. The molecule has 2 aliphatic carbocycles. The SMILES string of the molecule is CCCC1[C-]=CC(C(C)(C)C)=C1.[Cl-].[Cl-].[Zr+4].[c-]1c(-c2ccccc2)ccc2c1Cc1cc(-c3ccccc3)ccc1-2. The zero-order chi connectivity index (χ0) is 25.8. The average Bonchev–Trinajstić information content (AvgIpc) is 3.54. The molecule has 0 saturated heterocycles. The van der Waals surface area contributed by atoms with Gasteiger partial charge in [-0.2, -0.15) is 11.6 Å². The first-order valence-corrected chi connectivity index (χ1v) is 13.5. The number of allylic oxidation sites excluding steroid dienone is 4. The van der Waals surface area contributed by atoms with Crippen molar-refractivity contribution in [2.75, 3.05) is 0 Å². The summed E-state index contributed by atoms with van der Waals surface area (Å²) < 4.78 is 0. The van der Waals surface area contributed by atoms with E-state index in [0.717, 1.165) is 6.42 Å². The Balaban J connectivity index is 0.000000323. The summed E-state index contributed by atoms with van der Waals surface area (Å²) in [5, 5.41) is 0. The predicted molar refractivity (Wildman–Crippen MR) is 158 cm³/mol. The second-order valence-electron chi connectivity index (χ2n) is 11.1. The number of benzene rings is 4. The molecular formula is C37H36Cl2Zr. The third kappa shape index (κ3) is 7.97. The Hall–Kier alpha value is -2.18. The Morgan fingerprint density at radius 1 is 0.750 bits per heavy atom. The van der Waals surface area contributed by atoms with Gasteiger partial charge in [0.05, 0.1) is 0 Å². The first-order valence-electron chi connectivity index (χ1n) is 13.5. The van der Waals surface area contributed by atoms with E-state index in [1.165, 1.54) is 62.9 Å². The third-order valence-electron chi connectivity index (χ3n) is 7.28. The summed E-state index contributed by atoms with van der Waals surface area (Å²) in [5.74, 6) is 0.587. The molecule has 202 valence electrons. The fourth-order valence-corrected chi connectivity index (χ4v) is 5.17. The Labute approximate surface area is 273 Å². The number of hydrogen-bond donors (Lipinski definition) is 0. The molecule has 3 heteroatoms. The number of fused-ring (bicyclic) bond motifs is 3. The van der Waals surface area contributed by atoms with Crippen LogP contribution in [0.1, 0.15) is 51.7 Å². The average molecular weight is 643 g/mol. The largest absolute Gasteiger partial charge is 4.00 e. The molecule has 1 atom stereocenters. The van der Waals surface area contributed by atoms with E-state index in [2.05, 4.69) is 143 Å². The van der Waals surface area contributed by atoms with E-state index in [4.69, 9.17) is 0 Å². The molecule has 0 radical (unpaired) electrons. The van der Waals surface area contributed by atoms with Crippen molar-refractivity contribution in [3.05, 3.63) is 132 Å². The van der Waals surface area contributed by atoms with Gasteiger partial charge in [0.2, 0.25) is 0 Å². The van der Waals surface area contributed by atoms with E-state index < -0.39 is 0 Å². The monoisotopic (exact) mass is 640 g/mol. The Kier molecular flexibility index (Phi) is 12.9. The van der Waals surface area contributed by atoms with Crippen LogP contribution in [-0.4, -0.2) is 0 Å². The molecule has 0 fully saturated rings. The van der Waals surface area contributed by atoms with Crippen molar-refractivity contribution in [3.63, 3.8) is 0 Å². The van der Waals surface area contributed by atoms with Gasteiger partial charge in [-0.15, -0.1) is 29.3 Å². The van der Waals surface area contributed by atoms with Crippen molar-refractivity contribution >= 4 is 0 Å². The molecule has 0 spiro atoms. The van der Waals surface area contributed by atoms with Gasteiger partial charge in [0.25, 0.3) is 0 Å². The summed E-state index contributed by atoms with van der Waals surface area (Å²) in [5.41, 5.74) is 12.1. The van der Waals surface area contributed by atoms with E-state index in [1.807, 2.05) is 0 Å². The summed E-state index contributed by atoms with van der Waals surface area (Å²) in [6, 6.07) is 36.0. The van der Waals surface area contributed by atoms with Gasteiger partial charge in [0.1, 0.15) is 0 Å². The maximum Gasteiger partial charge on any atom is 4.00 e. The van der Waals surface area contributed by atoms with Crippen LogP contribution in [0.5, 0.6) is 0 Å². The number of hydrogen-bond acceptors (Lipinski definition) is 0. The third-order valence-corrected chi connectivity index (χ3v) is 7.28. The summed E-state index contributed by atoms with van der Waals surface area (Å²) in [6.07, 6.45) is 11.4. The minimum Gasteiger partial charge on any atom is -1.00 e. The molecule has 0 bridgehead atoms. The molecule has 0 N–H and O–H groups in total. The van der Waals surface area contributed by atoms with Gasteiger partial charge in [-0.3, -0.25) is 6.08 Å². The fourth-order valence-electron chi connectivity index (χ4n) is 5.17. The van der Waals surface area contributed by atoms with Crippen molar-refractivity contribution in [1.29, 1.82) is 0 Å². The van der Waals surface area contributed by atoms with Gasteiger partial charge in [-0.1, -0.05) is 147 Å². The van der Waals surface area contributed by atoms with Crippen molar-refractivity contribution in [3.8, 4) is 33.4 Å². The summed E-state index contributed by atoms with van der Waals surface area (Å²) >= 11 is 0. The van der Waals surface area contributed by atoms with E-state index in [-0.39, 0.29) is 51.0 Å². The molecule has 4 aromatic rings. The Morgan fingerprint density at radius 3 is 1.98 bits per heavy atom. The molecule has 0 heterocycles. The minimum absolute atomic E-state index is 0. The van der Waals surface area contributed by atoms with Crippen LogP contribution in [0.25, 0.3) is 33.4 Å². The topological polar surface area (TPSA) is 0 Å². The quantitative estimate of drug-likeness (QED) is 0.259. The summed E-state index contributed by atoms with van der Waals surface area (Å²) in [4.78, 5) is 0. The first-order chi connectivity index (χ1) is 17.9. The zero-order valence-corrected chi connectivity index (χ0v) is 27.7. The van der Waals surface area contributed by atoms with Crippen molar-refractivity contribution in [2.45, 2.75) is 47.0 Å². The zero-order valence-electron chi connectivity index (χ0n) is 23.8. The van der Waals surface area contributed by atoms with Crippen LogP contribution in [0, 0.1) is 23.5 Å². The maximum atomic E-state index is 3.65. The van der Waals surface area contributed by atoms with Gasteiger partial charge in [-0.05, 0) is 23.1 Å². The van der Waals surface area contributed by atoms with Crippen LogP contribution in [-0.2, 0) is 32.6 Å². The van der Waals surface area contributed by atoms with Gasteiger partial charge in [0, 0.05) is 0 Å². The molecule has 0 aliphatic heterocycles. The second-order valence-corrected chi connectivity index (χ2v) is 11.1. The molecular weight excluding hydrogens is 607 g/mol. The minimum atomic E-state index is 0. The molecule has 6 rings (SSSR count). The van der Waals surface area contributed by atoms with Crippen LogP contribution >= 0.6 is 0 Å². The molecule has 4 aromatic carbocycles. The Morgan fingerprint density at radius 2 is 1.38 bits per heavy atom. The van der Waals surface area contributed by atoms with E-state index in [9.17, 15) is 0 Å². The van der Waals surface area contributed by atoms with Crippen molar-refractivity contribution in [2.24, 2.45) is 11.3 Å². The van der Waals surface area contributed by atoms with E-state index in [1.54, 1.807) is 0 Å². The van der Waals surface area contributed by atoms with Crippen molar-refractivity contribution < 1.29 is 51.0 Å². The molecule has 40 heavy (non-hydrogen) atoms. The normalized spacial score (nSPS) is 14.3. The van der Waals surface area contributed by atoms with E-state index in [0.29, 0.717) is 11.3 Å². The Bertz CT molecular complexity index is 1340. The number of rotatable bonds is 4. The van der Waals surface area contributed by atoms with Gasteiger partial charge in [0.15, 0.2) is 0 Å². The van der Waals surface area contributed by atoms with Crippen LogP contribution in [0.3, 0.4) is 0 Å². The number of halogens is 2. The molecule has 2 aliphatic rings. The summed E-state index contributed by atoms with van der Waals surface area (Å²) in [6.45, 7) is 8.99. The molecule has 1 unspecified atom stereocenters. The molecule has 0 amide bonds. The van der Waals surface area contributed by atoms with Gasteiger partial charge < -0.3 is 24.8 Å². The van der Waals surface area contributed by atoms with Gasteiger partial charge in [-0.25, -0.2) is 6.08 Å². The van der Waals surface area contributed by atoms with E-state index >= 15 is 0 Å². The molecule has 0 aromatic heterocycles. The first kappa shape index (κ1) is 34.0. The van der Waals surface area contributed by atoms with Crippen LogP contribution in [0.4, 0.5) is 0 Å². The standard InChI is InChI=1S/C25H17.C12H19.2ClH.Zr/c1-3-7-18(8-4-1)20-11-13-24-22(15-20)17-23-16-21(12-14-25(23)24)19-9-5-2-6-10-19;1-5-6-10-7-8-11(9-10)12(2,3)4;;;/h1-15H,17H2;8-10H,5-6H2,1-4H3;2*1H;/q2*-1;;;+4/p-2. The molecule has 0 nitrogen and oxygen atoms in total. The van der Waals surface area contributed by atoms with Crippen LogP contribution in [0.2, 0.25) is 0 Å². The second kappa shape index (κ2) is 15.2. The summed E-state index contributed by atoms with van der Waals surface area (Å²) in [7, 11) is 0. The van der Waals surface area contributed by atoms with Crippen LogP contribution < -0.4 is 24.8 Å². The predicted octanol–water partition coefficient (Wildman–Crippen LogP) is 4.15.